The van der Waals surface area contributed by atoms with E-state index in [0.717, 1.165) is 4.90 Å². The normalized spacial score (nSPS) is 11.5. The molecular formula is C23H23FN2O5S2. The maximum absolute atomic E-state index is 13.0. The first-order valence-electron chi connectivity index (χ1n) is 10.2. The molecule has 0 aliphatic carbocycles. The Morgan fingerprint density at radius 1 is 1.15 bits per heavy atom. The van der Waals surface area contributed by atoms with E-state index in [2.05, 4.69) is 4.99 Å². The smallest absolute Gasteiger partial charge is 0.337 e. The molecule has 174 valence electrons. The van der Waals surface area contributed by atoms with Crippen molar-refractivity contribution in [2.45, 2.75) is 31.2 Å². The summed E-state index contributed by atoms with van der Waals surface area (Å²) in [5.41, 5.74) is 1.03. The number of ether oxygens (including phenoxy) is 2. The minimum Gasteiger partial charge on any atom is -0.465 e. The highest BCUT2D eigenvalue weighted by Crippen LogP contribution is 2.21. The molecule has 0 aliphatic heterocycles. The van der Waals surface area contributed by atoms with Gasteiger partial charge < -0.3 is 14.0 Å². The van der Waals surface area contributed by atoms with Crippen molar-refractivity contribution in [1.82, 2.24) is 4.57 Å². The predicted octanol–water partition coefficient (Wildman–Crippen LogP) is 4.19. The number of amides is 1. The highest BCUT2D eigenvalue weighted by atomic mass is 32.2. The van der Waals surface area contributed by atoms with Crippen LogP contribution < -0.4 is 4.80 Å². The van der Waals surface area contributed by atoms with Crippen LogP contribution in [0.3, 0.4) is 0 Å². The fourth-order valence-corrected chi connectivity index (χ4v) is 4.94. The molecule has 0 bridgehead atoms. The summed E-state index contributed by atoms with van der Waals surface area (Å²) >= 11 is 2.75. The number of carbonyl (C=O) groups excluding carboxylic acids is 3. The molecule has 0 saturated heterocycles. The van der Waals surface area contributed by atoms with Gasteiger partial charge in [-0.1, -0.05) is 11.3 Å². The zero-order valence-electron chi connectivity index (χ0n) is 18.2. The van der Waals surface area contributed by atoms with Gasteiger partial charge in [-0.05, 0) is 61.6 Å². The van der Waals surface area contributed by atoms with Crippen molar-refractivity contribution in [2.75, 3.05) is 19.5 Å². The third kappa shape index (κ3) is 6.75. The molecule has 10 heteroatoms. The van der Waals surface area contributed by atoms with Gasteiger partial charge in [-0.3, -0.25) is 9.59 Å². The van der Waals surface area contributed by atoms with Crippen LogP contribution in [-0.2, 0) is 25.6 Å². The number of rotatable bonds is 9. The number of hydrogen-bond donors (Lipinski definition) is 0. The number of esters is 2. The van der Waals surface area contributed by atoms with E-state index in [1.807, 2.05) is 0 Å². The third-order valence-corrected chi connectivity index (χ3v) is 6.67. The fourth-order valence-electron chi connectivity index (χ4n) is 3.00. The summed E-state index contributed by atoms with van der Waals surface area (Å²) in [7, 11) is 1.30. The lowest BCUT2D eigenvalue weighted by Gasteiger charge is -2.05. The number of carbonyl (C=O) groups is 3. The van der Waals surface area contributed by atoms with Gasteiger partial charge in [-0.2, -0.15) is 4.99 Å². The minimum atomic E-state index is -0.476. The van der Waals surface area contributed by atoms with Gasteiger partial charge in [0.15, 0.2) is 4.80 Å². The van der Waals surface area contributed by atoms with Crippen LogP contribution >= 0.6 is 23.1 Å². The number of methoxy groups -OCH3 is 1. The van der Waals surface area contributed by atoms with Crippen LogP contribution in [0.4, 0.5) is 4.39 Å². The molecule has 0 spiro atoms. The second-order valence-corrected chi connectivity index (χ2v) is 9.04. The van der Waals surface area contributed by atoms with Crippen molar-refractivity contribution in [3.8, 4) is 0 Å². The van der Waals surface area contributed by atoms with Gasteiger partial charge in [0.05, 0.1) is 29.5 Å². The molecule has 0 N–H and O–H groups in total. The molecule has 1 heterocycles. The van der Waals surface area contributed by atoms with E-state index in [4.69, 9.17) is 9.47 Å². The Morgan fingerprint density at radius 3 is 2.61 bits per heavy atom. The zero-order chi connectivity index (χ0) is 23.8. The Balaban J connectivity index is 1.77. The van der Waals surface area contributed by atoms with E-state index in [1.165, 1.54) is 42.3 Å². The van der Waals surface area contributed by atoms with E-state index >= 15 is 0 Å². The molecule has 1 amide bonds. The van der Waals surface area contributed by atoms with Gasteiger partial charge in [0.1, 0.15) is 12.4 Å². The molecule has 7 nitrogen and oxygen atoms in total. The second-order valence-electron chi connectivity index (χ2n) is 6.86. The average Bonchev–Trinajstić information content (AvgIpc) is 3.13. The van der Waals surface area contributed by atoms with Crippen LogP contribution in [0.1, 0.15) is 30.1 Å². The van der Waals surface area contributed by atoms with Crippen LogP contribution in [-0.4, -0.2) is 41.9 Å². The molecule has 0 radical (unpaired) electrons. The molecule has 0 atom stereocenters. The van der Waals surface area contributed by atoms with E-state index in [9.17, 15) is 18.8 Å². The first-order chi connectivity index (χ1) is 15.9. The van der Waals surface area contributed by atoms with E-state index < -0.39 is 11.9 Å². The summed E-state index contributed by atoms with van der Waals surface area (Å²) in [6.45, 7) is 1.86. The summed E-state index contributed by atoms with van der Waals surface area (Å²) in [6, 6.07) is 11.1. The van der Waals surface area contributed by atoms with Crippen LogP contribution in [0.2, 0.25) is 0 Å². The summed E-state index contributed by atoms with van der Waals surface area (Å²) in [5, 5.41) is 0. The van der Waals surface area contributed by atoms with Gasteiger partial charge >= 0.3 is 11.9 Å². The van der Waals surface area contributed by atoms with Gasteiger partial charge in [-0.15, -0.1) is 11.8 Å². The summed E-state index contributed by atoms with van der Waals surface area (Å²) in [4.78, 5) is 42.0. The van der Waals surface area contributed by atoms with Crippen LogP contribution in [0.15, 0.2) is 52.4 Å². The summed E-state index contributed by atoms with van der Waals surface area (Å²) in [5.74, 6) is -0.835. The highest BCUT2D eigenvalue weighted by Gasteiger charge is 2.15. The lowest BCUT2D eigenvalue weighted by atomic mass is 10.2. The topological polar surface area (TPSA) is 87.0 Å². The highest BCUT2D eigenvalue weighted by molar-refractivity contribution is 7.99. The summed E-state index contributed by atoms with van der Waals surface area (Å²) < 4.78 is 25.1. The van der Waals surface area contributed by atoms with E-state index in [0.29, 0.717) is 32.8 Å². The summed E-state index contributed by atoms with van der Waals surface area (Å²) in [6.07, 6.45) is 0.828. The molecule has 3 aromatic rings. The second kappa shape index (κ2) is 11.8. The molecule has 3 rings (SSSR count). The van der Waals surface area contributed by atoms with Gasteiger partial charge in [0.25, 0.3) is 0 Å². The maximum atomic E-state index is 13.0. The fraction of sp³-hybridized carbons (Fsp3) is 0.304. The Labute approximate surface area is 198 Å². The van der Waals surface area contributed by atoms with Gasteiger partial charge in [0.2, 0.25) is 5.91 Å². The number of halogens is 1. The molecule has 2 aromatic carbocycles. The zero-order valence-corrected chi connectivity index (χ0v) is 19.8. The predicted molar refractivity (Wildman–Crippen MR) is 125 cm³/mol. The molecule has 33 heavy (non-hydrogen) atoms. The molecule has 0 fully saturated rings. The van der Waals surface area contributed by atoms with Crippen LogP contribution in [0.5, 0.6) is 0 Å². The number of thiazole rings is 1. The quantitative estimate of drug-likeness (QED) is 0.254. The van der Waals surface area contributed by atoms with Crippen molar-refractivity contribution in [3.63, 3.8) is 0 Å². The van der Waals surface area contributed by atoms with E-state index in [1.54, 1.807) is 41.8 Å². The Kier molecular flexibility index (Phi) is 8.79. The standard InChI is InChI=1S/C23H23FN2O5S2/c1-3-31-21(28)14-26-18-11-6-15(22(29)30-2)13-19(18)33-23(26)25-20(27)5-4-12-32-17-9-7-16(24)8-10-17/h6-11,13H,3-5,12,14H2,1-2H3. The van der Waals surface area contributed by atoms with Gasteiger partial charge in [0, 0.05) is 11.3 Å². The minimum absolute atomic E-state index is 0.0993. The number of aromatic nitrogens is 1. The Morgan fingerprint density at radius 2 is 1.91 bits per heavy atom. The number of fused-ring (bicyclic) bond motifs is 1. The molecule has 0 aliphatic rings. The van der Waals surface area contributed by atoms with Crippen molar-refractivity contribution in [1.29, 1.82) is 0 Å². The van der Waals surface area contributed by atoms with Crippen molar-refractivity contribution < 1.29 is 28.2 Å². The Bertz CT molecular complexity index is 1220. The SMILES string of the molecule is CCOC(=O)Cn1c(=NC(=O)CCCSc2ccc(F)cc2)sc2cc(C(=O)OC)ccc21. The molecular weight excluding hydrogens is 467 g/mol. The first kappa shape index (κ1) is 24.7. The third-order valence-electron chi connectivity index (χ3n) is 4.53. The van der Waals surface area contributed by atoms with Crippen LogP contribution in [0, 0.1) is 5.82 Å². The molecule has 0 saturated carbocycles. The van der Waals surface area contributed by atoms with Gasteiger partial charge in [-0.25, -0.2) is 9.18 Å². The molecule has 1 aromatic heterocycles. The van der Waals surface area contributed by atoms with Crippen molar-refractivity contribution >= 4 is 51.2 Å². The van der Waals surface area contributed by atoms with Crippen LogP contribution in [0.25, 0.3) is 10.2 Å². The van der Waals surface area contributed by atoms with E-state index in [-0.39, 0.29) is 31.3 Å². The lowest BCUT2D eigenvalue weighted by molar-refractivity contribution is -0.143. The monoisotopic (exact) mass is 490 g/mol. The number of nitrogens with zero attached hydrogens (tertiary/aromatic N) is 2. The van der Waals surface area contributed by atoms with Crippen molar-refractivity contribution in [3.05, 3.63) is 58.6 Å². The first-order valence-corrected chi connectivity index (χ1v) is 12.0. The number of hydrogen-bond acceptors (Lipinski definition) is 7. The lowest BCUT2D eigenvalue weighted by Crippen LogP contribution is -2.23. The molecule has 0 unspecified atom stereocenters. The number of thioether (sulfide) groups is 1. The Hall–Kier alpha value is -2.98. The van der Waals surface area contributed by atoms with Crippen molar-refractivity contribution in [2.24, 2.45) is 4.99 Å². The average molecular weight is 491 g/mol. The largest absolute Gasteiger partial charge is 0.465 e. The number of benzene rings is 2. The maximum Gasteiger partial charge on any atom is 0.337 e.